The Kier molecular flexibility index (Phi) is 3.54. The molecule has 0 radical (unpaired) electrons. The Balaban J connectivity index is 1.63. The van der Waals surface area contributed by atoms with E-state index in [9.17, 15) is 4.79 Å². The lowest BCUT2D eigenvalue weighted by atomic mass is 9.82. The van der Waals surface area contributed by atoms with Crippen molar-refractivity contribution in [3.05, 3.63) is 64.6 Å². The molecule has 3 heterocycles. The maximum Gasteiger partial charge on any atom is 0.253 e. The van der Waals surface area contributed by atoms with Crippen LogP contribution in [0.4, 0.5) is 5.69 Å². The molecule has 1 aliphatic heterocycles. The number of imidazole rings is 1. The number of nitrogens with zero attached hydrogens (tertiary/aromatic N) is 2. The number of pyridine rings is 1. The SMILES string of the molecule is CCNC(=O)c1cn2cc(C)nc2c2c1CCC1(Cc3ccccc3C1)N2. The molecule has 0 unspecified atom stereocenters. The normalized spacial score (nSPS) is 16.8. The van der Waals surface area contributed by atoms with E-state index in [1.807, 2.05) is 30.6 Å². The molecule has 0 saturated carbocycles. The third kappa shape index (κ3) is 2.52. The lowest BCUT2D eigenvalue weighted by Gasteiger charge is -2.37. The van der Waals surface area contributed by atoms with E-state index in [2.05, 4.69) is 34.9 Å². The zero-order valence-electron chi connectivity index (χ0n) is 15.8. The molecule has 0 atom stereocenters. The van der Waals surface area contributed by atoms with Gasteiger partial charge in [0.2, 0.25) is 0 Å². The number of fused-ring (bicyclic) bond motifs is 4. The van der Waals surface area contributed by atoms with Gasteiger partial charge in [-0.3, -0.25) is 4.79 Å². The molecule has 0 saturated heterocycles. The van der Waals surface area contributed by atoms with E-state index in [1.54, 1.807) is 0 Å². The molecule has 5 rings (SSSR count). The second-order valence-electron chi connectivity index (χ2n) is 7.90. The summed E-state index contributed by atoms with van der Waals surface area (Å²) in [6, 6.07) is 8.72. The van der Waals surface area contributed by atoms with Crippen LogP contribution in [-0.2, 0) is 19.3 Å². The summed E-state index contributed by atoms with van der Waals surface area (Å²) in [6.07, 6.45) is 7.90. The highest BCUT2D eigenvalue weighted by atomic mass is 16.1. The summed E-state index contributed by atoms with van der Waals surface area (Å²) in [6.45, 7) is 4.57. The number of hydrogen-bond acceptors (Lipinski definition) is 3. The van der Waals surface area contributed by atoms with Crippen molar-refractivity contribution in [3.63, 3.8) is 0 Å². The molecule has 138 valence electrons. The molecule has 2 aromatic heterocycles. The van der Waals surface area contributed by atoms with E-state index in [1.165, 1.54) is 11.1 Å². The van der Waals surface area contributed by atoms with E-state index in [4.69, 9.17) is 4.98 Å². The van der Waals surface area contributed by atoms with Gasteiger partial charge in [-0.15, -0.1) is 0 Å². The summed E-state index contributed by atoms with van der Waals surface area (Å²) in [5.74, 6) is -0.00513. The minimum atomic E-state index is -0.00513. The van der Waals surface area contributed by atoms with E-state index in [-0.39, 0.29) is 11.4 Å². The average Bonchev–Trinajstić information content (AvgIpc) is 3.20. The van der Waals surface area contributed by atoms with Crippen LogP contribution in [0.25, 0.3) is 5.65 Å². The molecule has 1 aromatic carbocycles. The van der Waals surface area contributed by atoms with Gasteiger partial charge in [0.05, 0.1) is 16.9 Å². The number of amides is 1. The number of carbonyl (C=O) groups is 1. The Morgan fingerprint density at radius 1 is 1.26 bits per heavy atom. The Morgan fingerprint density at radius 2 is 2.00 bits per heavy atom. The molecule has 0 bridgehead atoms. The molecule has 2 aliphatic rings. The van der Waals surface area contributed by atoms with Crippen molar-refractivity contribution in [1.82, 2.24) is 14.7 Å². The minimum Gasteiger partial charge on any atom is -0.376 e. The van der Waals surface area contributed by atoms with Crippen LogP contribution in [0.1, 0.15) is 46.1 Å². The maximum atomic E-state index is 12.7. The van der Waals surface area contributed by atoms with Crippen LogP contribution in [-0.4, -0.2) is 27.4 Å². The Bertz CT molecular complexity index is 1040. The predicted octanol–water partition coefficient (Wildman–Crippen LogP) is 3.29. The Morgan fingerprint density at radius 3 is 2.70 bits per heavy atom. The second-order valence-corrected chi connectivity index (χ2v) is 7.90. The fraction of sp³-hybridized carbons (Fsp3) is 0.364. The van der Waals surface area contributed by atoms with Crippen LogP contribution in [0.3, 0.4) is 0 Å². The maximum absolute atomic E-state index is 12.7. The highest BCUT2D eigenvalue weighted by Gasteiger charge is 2.41. The number of carbonyl (C=O) groups excluding carboxylic acids is 1. The van der Waals surface area contributed by atoms with Gasteiger partial charge in [0, 0.05) is 24.5 Å². The largest absolute Gasteiger partial charge is 0.376 e. The molecular weight excluding hydrogens is 336 g/mol. The van der Waals surface area contributed by atoms with Crippen molar-refractivity contribution in [1.29, 1.82) is 0 Å². The van der Waals surface area contributed by atoms with E-state index < -0.39 is 0 Å². The van der Waals surface area contributed by atoms with E-state index >= 15 is 0 Å². The molecule has 0 fully saturated rings. The van der Waals surface area contributed by atoms with Gasteiger partial charge >= 0.3 is 0 Å². The third-order valence-electron chi connectivity index (χ3n) is 5.97. The number of hydrogen-bond donors (Lipinski definition) is 2. The van der Waals surface area contributed by atoms with Gasteiger partial charge in [0.15, 0.2) is 5.65 Å². The van der Waals surface area contributed by atoms with Crippen molar-refractivity contribution in [2.45, 2.75) is 45.1 Å². The van der Waals surface area contributed by atoms with Crippen molar-refractivity contribution in [2.75, 3.05) is 11.9 Å². The molecule has 2 N–H and O–H groups in total. The Hall–Kier alpha value is -2.82. The van der Waals surface area contributed by atoms with Crippen LogP contribution in [0.5, 0.6) is 0 Å². The van der Waals surface area contributed by atoms with Gasteiger partial charge in [-0.05, 0) is 56.2 Å². The zero-order chi connectivity index (χ0) is 18.6. The fourth-order valence-corrected chi connectivity index (χ4v) is 4.78. The summed E-state index contributed by atoms with van der Waals surface area (Å²) in [5, 5.41) is 6.81. The van der Waals surface area contributed by atoms with Crippen molar-refractivity contribution in [2.24, 2.45) is 0 Å². The number of nitrogens with one attached hydrogen (secondary N) is 2. The van der Waals surface area contributed by atoms with E-state index in [0.717, 1.165) is 53.8 Å². The van der Waals surface area contributed by atoms with Gasteiger partial charge in [0.1, 0.15) is 0 Å². The van der Waals surface area contributed by atoms with Crippen LogP contribution >= 0.6 is 0 Å². The summed E-state index contributed by atoms with van der Waals surface area (Å²) in [7, 11) is 0. The number of rotatable bonds is 2. The summed E-state index contributed by atoms with van der Waals surface area (Å²) < 4.78 is 1.99. The van der Waals surface area contributed by atoms with Crippen LogP contribution < -0.4 is 10.6 Å². The molecule has 5 nitrogen and oxygen atoms in total. The first-order valence-corrected chi connectivity index (χ1v) is 9.73. The standard InChI is InChI=1S/C22H24N4O/c1-3-23-21(27)18-13-26-12-14(2)24-20(26)19-17(18)8-9-22(25-19)10-15-6-4-5-7-16(15)11-22/h4-7,12-13,25H,3,8-11H2,1-2H3,(H,23,27). The van der Waals surface area contributed by atoms with Gasteiger partial charge in [-0.2, -0.15) is 0 Å². The topological polar surface area (TPSA) is 58.4 Å². The highest BCUT2D eigenvalue weighted by Crippen LogP contribution is 2.42. The van der Waals surface area contributed by atoms with Crippen molar-refractivity contribution in [3.8, 4) is 0 Å². The third-order valence-corrected chi connectivity index (χ3v) is 5.97. The average molecular weight is 360 g/mol. The van der Waals surface area contributed by atoms with Gasteiger partial charge in [-0.1, -0.05) is 24.3 Å². The summed E-state index contributed by atoms with van der Waals surface area (Å²) in [4.78, 5) is 17.4. The molecule has 27 heavy (non-hydrogen) atoms. The minimum absolute atomic E-state index is 0.00513. The molecule has 1 spiro atoms. The number of anilines is 1. The molecule has 1 amide bonds. The smallest absolute Gasteiger partial charge is 0.253 e. The lowest BCUT2D eigenvalue weighted by molar-refractivity contribution is 0.0954. The number of aryl methyl sites for hydroxylation is 1. The summed E-state index contributed by atoms with van der Waals surface area (Å²) >= 11 is 0. The monoisotopic (exact) mass is 360 g/mol. The molecule has 3 aromatic rings. The second kappa shape index (κ2) is 5.84. The zero-order valence-corrected chi connectivity index (χ0v) is 15.8. The molecule has 5 heteroatoms. The van der Waals surface area contributed by atoms with Crippen molar-refractivity contribution < 1.29 is 4.79 Å². The lowest BCUT2D eigenvalue weighted by Crippen LogP contribution is -2.43. The quantitative estimate of drug-likeness (QED) is 0.737. The first-order valence-electron chi connectivity index (χ1n) is 9.73. The van der Waals surface area contributed by atoms with Crippen LogP contribution in [0, 0.1) is 6.92 Å². The number of benzene rings is 1. The first kappa shape index (κ1) is 16.4. The summed E-state index contributed by atoms with van der Waals surface area (Å²) in [5.41, 5.74) is 7.66. The predicted molar refractivity (Wildman–Crippen MR) is 106 cm³/mol. The first-order chi connectivity index (χ1) is 13.1. The fourth-order valence-electron chi connectivity index (χ4n) is 4.78. The van der Waals surface area contributed by atoms with E-state index in [0.29, 0.717) is 6.54 Å². The molecular formula is C22H24N4O. The van der Waals surface area contributed by atoms with Crippen LogP contribution in [0.15, 0.2) is 36.7 Å². The highest BCUT2D eigenvalue weighted by molar-refractivity contribution is 5.98. The number of aromatic nitrogens is 2. The van der Waals surface area contributed by atoms with Gasteiger partial charge < -0.3 is 15.0 Å². The van der Waals surface area contributed by atoms with Crippen LogP contribution in [0.2, 0.25) is 0 Å². The van der Waals surface area contributed by atoms with Gasteiger partial charge in [-0.25, -0.2) is 4.98 Å². The molecule has 1 aliphatic carbocycles. The van der Waals surface area contributed by atoms with Crippen molar-refractivity contribution >= 4 is 17.2 Å². The van der Waals surface area contributed by atoms with Gasteiger partial charge in [0.25, 0.3) is 5.91 Å². The Labute approximate surface area is 158 Å².